The predicted octanol–water partition coefficient (Wildman–Crippen LogP) is 1.78. The molecule has 1 saturated heterocycles. The number of rotatable bonds is 4. The van der Waals surface area contributed by atoms with Crippen molar-refractivity contribution in [3.05, 3.63) is 29.0 Å². The summed E-state index contributed by atoms with van der Waals surface area (Å²) in [6, 6.07) is 3.89. The molecule has 0 aromatic carbocycles. The summed E-state index contributed by atoms with van der Waals surface area (Å²) in [5.41, 5.74) is 1.22. The zero-order valence-electron chi connectivity index (χ0n) is 9.62. The molecule has 2 rings (SSSR count). The Morgan fingerprint density at radius 2 is 2.44 bits per heavy atom. The highest BCUT2D eigenvalue weighted by atomic mass is 35.5. The first-order valence-electron chi connectivity index (χ1n) is 5.74. The minimum absolute atomic E-state index is 0.561. The number of pyridine rings is 1. The van der Waals surface area contributed by atoms with Crippen LogP contribution in [0.15, 0.2) is 18.3 Å². The molecule has 1 unspecified atom stereocenters. The van der Waals surface area contributed by atoms with Crippen molar-refractivity contribution in [1.29, 1.82) is 0 Å². The van der Waals surface area contributed by atoms with Crippen molar-refractivity contribution < 1.29 is 0 Å². The molecule has 1 aliphatic heterocycles. The van der Waals surface area contributed by atoms with E-state index in [1.807, 2.05) is 18.3 Å². The predicted molar refractivity (Wildman–Crippen MR) is 66.6 cm³/mol. The fourth-order valence-electron chi connectivity index (χ4n) is 2.19. The third-order valence-electron chi connectivity index (χ3n) is 2.97. The number of hydrogen-bond donors (Lipinski definition) is 1. The van der Waals surface area contributed by atoms with Crippen LogP contribution in [0.2, 0.25) is 5.15 Å². The Labute approximate surface area is 102 Å². The van der Waals surface area contributed by atoms with Crippen LogP contribution >= 0.6 is 11.6 Å². The lowest BCUT2D eigenvalue weighted by molar-refractivity contribution is 0.278. The van der Waals surface area contributed by atoms with Crippen LogP contribution in [0.4, 0.5) is 0 Å². The smallest absolute Gasteiger partial charge is 0.129 e. The maximum atomic E-state index is 5.75. The summed E-state index contributed by atoms with van der Waals surface area (Å²) >= 11 is 5.75. The van der Waals surface area contributed by atoms with Gasteiger partial charge in [0.25, 0.3) is 0 Å². The number of nitrogens with one attached hydrogen (secondary N) is 1. The SMILES string of the molecule is CN(Cc1ccc(Cl)nc1)CC1CCNC1. The molecule has 0 radical (unpaired) electrons. The van der Waals surface area contributed by atoms with Crippen LogP contribution in [0, 0.1) is 5.92 Å². The van der Waals surface area contributed by atoms with E-state index in [0.29, 0.717) is 5.15 Å². The van der Waals surface area contributed by atoms with Gasteiger partial charge in [-0.05, 0) is 44.1 Å². The molecule has 2 heterocycles. The largest absolute Gasteiger partial charge is 0.316 e. The van der Waals surface area contributed by atoms with E-state index < -0.39 is 0 Å². The summed E-state index contributed by atoms with van der Waals surface area (Å²) < 4.78 is 0. The summed E-state index contributed by atoms with van der Waals surface area (Å²) in [5.74, 6) is 0.797. The lowest BCUT2D eigenvalue weighted by atomic mass is 10.1. The highest BCUT2D eigenvalue weighted by Gasteiger charge is 2.16. The fourth-order valence-corrected chi connectivity index (χ4v) is 2.30. The Balaban J connectivity index is 1.81. The van der Waals surface area contributed by atoms with E-state index >= 15 is 0 Å². The van der Waals surface area contributed by atoms with Gasteiger partial charge in [0.15, 0.2) is 0 Å². The number of nitrogens with zero attached hydrogens (tertiary/aromatic N) is 2. The van der Waals surface area contributed by atoms with E-state index in [0.717, 1.165) is 25.6 Å². The standard InChI is InChI=1S/C12H18ClN3/c1-16(9-11-4-5-14-6-11)8-10-2-3-12(13)15-7-10/h2-3,7,11,14H,4-6,8-9H2,1H3. The zero-order valence-corrected chi connectivity index (χ0v) is 10.4. The molecule has 0 spiro atoms. The van der Waals surface area contributed by atoms with Gasteiger partial charge in [-0.15, -0.1) is 0 Å². The second-order valence-corrected chi connectivity index (χ2v) is 4.93. The van der Waals surface area contributed by atoms with Crippen LogP contribution in [0.3, 0.4) is 0 Å². The van der Waals surface area contributed by atoms with Gasteiger partial charge in [-0.2, -0.15) is 0 Å². The number of hydrogen-bond acceptors (Lipinski definition) is 3. The first-order valence-corrected chi connectivity index (χ1v) is 6.11. The van der Waals surface area contributed by atoms with Gasteiger partial charge in [0.05, 0.1) is 0 Å². The van der Waals surface area contributed by atoms with E-state index in [9.17, 15) is 0 Å². The Kier molecular flexibility index (Phi) is 4.16. The summed E-state index contributed by atoms with van der Waals surface area (Å²) in [4.78, 5) is 6.44. The summed E-state index contributed by atoms with van der Waals surface area (Å²) in [7, 11) is 2.16. The molecule has 3 nitrogen and oxygen atoms in total. The highest BCUT2D eigenvalue weighted by molar-refractivity contribution is 6.29. The average Bonchev–Trinajstić information content (AvgIpc) is 2.74. The normalized spacial score (nSPS) is 20.6. The van der Waals surface area contributed by atoms with Crippen molar-refractivity contribution in [3.8, 4) is 0 Å². The van der Waals surface area contributed by atoms with E-state index in [2.05, 4.69) is 22.2 Å². The van der Waals surface area contributed by atoms with Crippen LogP contribution in [-0.4, -0.2) is 36.6 Å². The maximum absolute atomic E-state index is 5.75. The minimum atomic E-state index is 0.561. The van der Waals surface area contributed by atoms with Crippen molar-refractivity contribution in [3.63, 3.8) is 0 Å². The quantitative estimate of drug-likeness (QED) is 0.812. The van der Waals surface area contributed by atoms with Crippen molar-refractivity contribution in [2.75, 3.05) is 26.7 Å². The first kappa shape index (κ1) is 11.8. The third kappa shape index (κ3) is 3.44. The van der Waals surface area contributed by atoms with Gasteiger partial charge in [-0.25, -0.2) is 4.98 Å². The van der Waals surface area contributed by atoms with Gasteiger partial charge in [-0.1, -0.05) is 17.7 Å². The summed E-state index contributed by atoms with van der Waals surface area (Å²) in [6.07, 6.45) is 3.15. The molecule has 0 aliphatic carbocycles. The van der Waals surface area contributed by atoms with Gasteiger partial charge in [0, 0.05) is 19.3 Å². The zero-order chi connectivity index (χ0) is 11.4. The van der Waals surface area contributed by atoms with Gasteiger partial charge < -0.3 is 10.2 Å². The minimum Gasteiger partial charge on any atom is -0.316 e. The molecule has 1 aromatic heterocycles. The van der Waals surface area contributed by atoms with Gasteiger partial charge in [0.1, 0.15) is 5.15 Å². The summed E-state index contributed by atoms with van der Waals surface area (Å²) in [5, 5.41) is 3.95. The van der Waals surface area contributed by atoms with Gasteiger partial charge in [0.2, 0.25) is 0 Å². The molecule has 1 fully saturated rings. The Morgan fingerprint density at radius 1 is 1.56 bits per heavy atom. The molecule has 1 atom stereocenters. The number of aromatic nitrogens is 1. The Bertz CT molecular complexity index is 320. The number of halogens is 1. The molecule has 4 heteroatoms. The van der Waals surface area contributed by atoms with E-state index in [-0.39, 0.29) is 0 Å². The molecule has 0 saturated carbocycles. The maximum Gasteiger partial charge on any atom is 0.129 e. The molecule has 88 valence electrons. The second kappa shape index (κ2) is 5.62. The molecule has 16 heavy (non-hydrogen) atoms. The van der Waals surface area contributed by atoms with Crippen LogP contribution in [0.1, 0.15) is 12.0 Å². The molecule has 0 bridgehead atoms. The average molecular weight is 240 g/mol. The Morgan fingerprint density at radius 3 is 3.06 bits per heavy atom. The highest BCUT2D eigenvalue weighted by Crippen LogP contribution is 2.12. The van der Waals surface area contributed by atoms with Crippen LogP contribution in [-0.2, 0) is 6.54 Å². The fraction of sp³-hybridized carbons (Fsp3) is 0.583. The van der Waals surface area contributed by atoms with Gasteiger partial charge in [-0.3, -0.25) is 0 Å². The van der Waals surface area contributed by atoms with E-state index in [4.69, 9.17) is 11.6 Å². The lowest BCUT2D eigenvalue weighted by Crippen LogP contribution is -2.26. The van der Waals surface area contributed by atoms with Crippen LogP contribution in [0.25, 0.3) is 0 Å². The molecular formula is C12H18ClN3. The third-order valence-corrected chi connectivity index (χ3v) is 3.20. The Hall–Kier alpha value is -0.640. The molecule has 1 aliphatic rings. The van der Waals surface area contributed by atoms with Crippen molar-refractivity contribution in [1.82, 2.24) is 15.2 Å². The van der Waals surface area contributed by atoms with Crippen molar-refractivity contribution in [2.24, 2.45) is 5.92 Å². The molecular weight excluding hydrogens is 222 g/mol. The lowest BCUT2D eigenvalue weighted by Gasteiger charge is -2.20. The van der Waals surface area contributed by atoms with Crippen molar-refractivity contribution in [2.45, 2.75) is 13.0 Å². The molecule has 1 aromatic rings. The van der Waals surface area contributed by atoms with Gasteiger partial charge >= 0.3 is 0 Å². The van der Waals surface area contributed by atoms with E-state index in [1.54, 1.807) is 0 Å². The van der Waals surface area contributed by atoms with Crippen LogP contribution < -0.4 is 5.32 Å². The topological polar surface area (TPSA) is 28.2 Å². The van der Waals surface area contributed by atoms with Crippen LogP contribution in [0.5, 0.6) is 0 Å². The molecule has 1 N–H and O–H groups in total. The summed E-state index contributed by atoms with van der Waals surface area (Å²) in [6.45, 7) is 4.42. The van der Waals surface area contributed by atoms with E-state index in [1.165, 1.54) is 18.5 Å². The second-order valence-electron chi connectivity index (χ2n) is 4.54. The monoisotopic (exact) mass is 239 g/mol. The molecule has 0 amide bonds. The first-order chi connectivity index (χ1) is 7.74. The van der Waals surface area contributed by atoms with Crippen molar-refractivity contribution >= 4 is 11.6 Å².